The highest BCUT2D eigenvalue weighted by Crippen LogP contribution is 2.47. The van der Waals surface area contributed by atoms with Crippen molar-refractivity contribution < 1.29 is 32.6 Å². The maximum Gasteiger partial charge on any atom is 0.436 e. The van der Waals surface area contributed by atoms with Gasteiger partial charge in [-0.05, 0) is 49.4 Å². The molecule has 0 radical (unpaired) electrons. The minimum Gasteiger partial charge on any atom is -0.431 e. The van der Waals surface area contributed by atoms with Gasteiger partial charge in [-0.25, -0.2) is 4.79 Å². The number of aryl methyl sites for hydroxylation is 1. The van der Waals surface area contributed by atoms with Crippen LogP contribution in [-0.4, -0.2) is 43.2 Å². The number of benzene rings is 2. The molecule has 11 heteroatoms. The number of nitrogens with zero attached hydrogens (tertiary/aromatic N) is 3. The van der Waals surface area contributed by atoms with Crippen LogP contribution in [0, 0.1) is 0 Å². The highest BCUT2D eigenvalue weighted by atomic mass is 19.4. The topological polar surface area (TPSA) is 112 Å². The predicted molar refractivity (Wildman–Crippen MR) is 124 cm³/mol. The van der Waals surface area contributed by atoms with Gasteiger partial charge >= 0.3 is 12.3 Å². The molecule has 188 valence electrons. The van der Waals surface area contributed by atoms with E-state index in [-0.39, 0.29) is 21.9 Å². The van der Waals surface area contributed by atoms with E-state index in [9.17, 15) is 27.9 Å². The molecule has 1 aliphatic carbocycles. The average molecular weight is 500 g/mol. The monoisotopic (exact) mass is 500 g/mol. The van der Waals surface area contributed by atoms with Crippen LogP contribution in [0.25, 0.3) is 21.8 Å². The Morgan fingerprint density at radius 1 is 1.11 bits per heavy atom. The zero-order chi connectivity index (χ0) is 25.9. The molecule has 0 aliphatic heterocycles. The van der Waals surface area contributed by atoms with E-state index in [0.29, 0.717) is 31.2 Å². The van der Waals surface area contributed by atoms with Crippen molar-refractivity contribution >= 4 is 33.8 Å². The predicted octanol–water partition coefficient (Wildman–Crippen LogP) is 4.11. The fraction of sp³-hybridized carbons (Fsp3) is 0.320. The molecule has 5 rings (SSSR count). The summed E-state index contributed by atoms with van der Waals surface area (Å²) in [5.74, 6) is -0.752. The van der Waals surface area contributed by atoms with Crippen molar-refractivity contribution in [2.24, 2.45) is 12.8 Å². The van der Waals surface area contributed by atoms with Gasteiger partial charge in [0.25, 0.3) is 5.91 Å². The first kappa shape index (κ1) is 23.9. The van der Waals surface area contributed by atoms with E-state index in [2.05, 4.69) is 5.10 Å². The molecule has 0 saturated heterocycles. The number of halogens is 3. The number of hydrogen-bond donors (Lipinski definition) is 2. The third-order valence-corrected chi connectivity index (χ3v) is 7.00. The second-order valence-corrected chi connectivity index (χ2v) is 9.14. The molecule has 1 unspecified atom stereocenters. The molecule has 4 aromatic rings. The molecule has 36 heavy (non-hydrogen) atoms. The van der Waals surface area contributed by atoms with E-state index in [1.165, 1.54) is 29.1 Å². The Morgan fingerprint density at radius 2 is 1.81 bits per heavy atom. The minimum absolute atomic E-state index is 0.156. The summed E-state index contributed by atoms with van der Waals surface area (Å²) in [6.45, 7) is 0. The Balaban J connectivity index is 1.58. The van der Waals surface area contributed by atoms with Crippen molar-refractivity contribution in [1.29, 1.82) is 0 Å². The van der Waals surface area contributed by atoms with E-state index in [1.807, 2.05) is 0 Å². The molecular formula is C25H23F3N4O4. The van der Waals surface area contributed by atoms with Crippen LogP contribution in [0.4, 0.5) is 18.0 Å². The molecule has 1 aliphatic rings. The lowest BCUT2D eigenvalue weighted by Gasteiger charge is -2.31. The molecule has 1 fully saturated rings. The number of hydrogen-bond acceptors (Lipinski definition) is 5. The lowest BCUT2D eigenvalue weighted by Crippen LogP contribution is -2.46. The van der Waals surface area contributed by atoms with E-state index >= 15 is 0 Å². The Labute approximate surface area is 203 Å². The summed E-state index contributed by atoms with van der Waals surface area (Å²) in [5, 5.41) is 15.6. The molecule has 1 amide bonds. The number of primary amides is 1. The van der Waals surface area contributed by atoms with Crippen LogP contribution in [0.2, 0.25) is 0 Å². The van der Waals surface area contributed by atoms with Crippen molar-refractivity contribution in [2.75, 3.05) is 0 Å². The van der Waals surface area contributed by atoms with Gasteiger partial charge < -0.3 is 20.1 Å². The number of carbonyl (C=O) groups excluding carboxylic acids is 2. The molecule has 2 aromatic heterocycles. The van der Waals surface area contributed by atoms with E-state index in [0.717, 1.165) is 16.8 Å². The number of aliphatic hydroxyl groups is 1. The fourth-order valence-corrected chi connectivity index (χ4v) is 5.06. The summed E-state index contributed by atoms with van der Waals surface area (Å²) in [6, 6.07) is 9.98. The van der Waals surface area contributed by atoms with Gasteiger partial charge in [0, 0.05) is 35.1 Å². The highest BCUT2D eigenvalue weighted by Gasteiger charge is 2.57. The zero-order valence-electron chi connectivity index (χ0n) is 19.2. The number of amides is 1. The van der Waals surface area contributed by atoms with Crippen LogP contribution in [0.5, 0.6) is 0 Å². The Bertz CT molecular complexity index is 1500. The average Bonchev–Trinajstić information content (AvgIpc) is 3.55. The zero-order valence-corrected chi connectivity index (χ0v) is 19.2. The van der Waals surface area contributed by atoms with Crippen molar-refractivity contribution in [3.8, 4) is 0 Å². The molecular weight excluding hydrogens is 477 g/mol. The van der Waals surface area contributed by atoms with Crippen LogP contribution in [-0.2, 0) is 22.2 Å². The smallest absolute Gasteiger partial charge is 0.431 e. The first-order valence-electron chi connectivity index (χ1n) is 11.3. The van der Waals surface area contributed by atoms with Gasteiger partial charge in [-0.2, -0.15) is 23.0 Å². The first-order chi connectivity index (χ1) is 17.0. The van der Waals surface area contributed by atoms with Gasteiger partial charge in [-0.15, -0.1) is 0 Å². The molecule has 1 atom stereocenters. The van der Waals surface area contributed by atoms with Gasteiger partial charge in [0.15, 0.2) is 5.60 Å². The van der Waals surface area contributed by atoms with Gasteiger partial charge in [-0.1, -0.05) is 24.3 Å². The Kier molecular flexibility index (Phi) is 5.36. The highest BCUT2D eigenvalue weighted by molar-refractivity contribution is 5.91. The molecule has 8 nitrogen and oxygen atoms in total. The quantitative estimate of drug-likeness (QED) is 0.438. The number of nitrogens with two attached hydrogens (primary N) is 1. The summed E-state index contributed by atoms with van der Waals surface area (Å²) in [7, 11) is 1.60. The Hall–Kier alpha value is -3.86. The molecule has 0 spiro atoms. The molecule has 0 bridgehead atoms. The van der Waals surface area contributed by atoms with Gasteiger partial charge in [0.05, 0.1) is 11.7 Å². The number of para-hydroxylation sites is 1. The summed E-state index contributed by atoms with van der Waals surface area (Å²) in [6.07, 6.45) is -1.64. The van der Waals surface area contributed by atoms with Crippen LogP contribution in [0.15, 0.2) is 54.9 Å². The van der Waals surface area contributed by atoms with Crippen LogP contribution in [0.3, 0.4) is 0 Å². The molecule has 2 aromatic carbocycles. The number of aromatic nitrogens is 3. The Morgan fingerprint density at radius 3 is 2.47 bits per heavy atom. The summed E-state index contributed by atoms with van der Waals surface area (Å²) in [5.41, 5.74) is 0.647. The number of rotatable bonds is 4. The SMILES string of the molecule is Cn1cc(C(O)(c2ccc3c(cnn3C(=O)OC3(C(N)=O)CCCC3)c2)C(F)(F)F)c2ccccc21. The van der Waals surface area contributed by atoms with Crippen molar-refractivity contribution in [2.45, 2.75) is 43.1 Å². The number of carbonyl (C=O) groups is 2. The van der Waals surface area contributed by atoms with Gasteiger partial charge in [0.1, 0.15) is 0 Å². The second-order valence-electron chi connectivity index (χ2n) is 9.14. The lowest BCUT2D eigenvalue weighted by molar-refractivity contribution is -0.247. The largest absolute Gasteiger partial charge is 0.436 e. The van der Waals surface area contributed by atoms with Gasteiger partial charge in [0.2, 0.25) is 5.60 Å². The van der Waals surface area contributed by atoms with Crippen LogP contribution < -0.4 is 5.73 Å². The summed E-state index contributed by atoms with van der Waals surface area (Å²) < 4.78 is 51.3. The summed E-state index contributed by atoms with van der Waals surface area (Å²) >= 11 is 0. The molecule has 1 saturated carbocycles. The maximum absolute atomic E-state index is 14.5. The molecule has 3 N–H and O–H groups in total. The maximum atomic E-state index is 14.5. The fourth-order valence-electron chi connectivity index (χ4n) is 5.06. The van der Waals surface area contributed by atoms with Crippen molar-refractivity contribution in [3.05, 3.63) is 66.0 Å². The van der Waals surface area contributed by atoms with E-state index < -0.39 is 34.9 Å². The van der Waals surface area contributed by atoms with E-state index in [1.54, 1.807) is 25.2 Å². The number of alkyl halides is 3. The minimum atomic E-state index is -5.06. The second kappa shape index (κ2) is 8.09. The molecule has 2 heterocycles. The lowest BCUT2D eigenvalue weighted by atomic mass is 9.85. The number of ether oxygens (including phenoxy) is 1. The van der Waals surface area contributed by atoms with Crippen molar-refractivity contribution in [1.82, 2.24) is 14.3 Å². The standard InChI is InChI=1S/C25H23F3N4O4/c1-31-14-18(17-6-2-3-7-20(17)31)24(35,25(26,27)28)16-8-9-19-15(12-16)13-30-32(19)22(34)36-23(21(29)33)10-4-5-11-23/h2-3,6-9,12-14,35H,4-5,10-11H2,1H3,(H2,29,33). The number of fused-ring (bicyclic) bond motifs is 2. The van der Waals surface area contributed by atoms with Crippen LogP contribution >= 0.6 is 0 Å². The normalized spacial score (nSPS) is 17.4. The van der Waals surface area contributed by atoms with Gasteiger partial charge in [-0.3, -0.25) is 4.79 Å². The third kappa shape index (κ3) is 3.45. The van der Waals surface area contributed by atoms with Crippen LogP contribution in [0.1, 0.15) is 36.8 Å². The van der Waals surface area contributed by atoms with E-state index in [4.69, 9.17) is 10.5 Å². The first-order valence-corrected chi connectivity index (χ1v) is 11.3. The van der Waals surface area contributed by atoms with Crippen molar-refractivity contribution in [3.63, 3.8) is 0 Å². The summed E-state index contributed by atoms with van der Waals surface area (Å²) in [4.78, 5) is 24.8. The third-order valence-electron chi connectivity index (χ3n) is 7.00.